The van der Waals surface area contributed by atoms with E-state index in [0.29, 0.717) is 17.8 Å². The average Bonchev–Trinajstić information content (AvgIpc) is 2.83. The molecule has 0 saturated carbocycles. The third kappa shape index (κ3) is 3.63. The summed E-state index contributed by atoms with van der Waals surface area (Å²) in [6.45, 7) is 3.70. The predicted octanol–water partition coefficient (Wildman–Crippen LogP) is -0.404. The van der Waals surface area contributed by atoms with Crippen LogP contribution in [0.3, 0.4) is 0 Å². The van der Waals surface area contributed by atoms with Crippen LogP contribution in [0.15, 0.2) is 11.3 Å². The van der Waals surface area contributed by atoms with Gasteiger partial charge in [-0.2, -0.15) is 0 Å². The van der Waals surface area contributed by atoms with Crippen LogP contribution in [0.25, 0.3) is 0 Å². The van der Waals surface area contributed by atoms with Crippen molar-refractivity contribution < 1.29 is 28.8 Å². The van der Waals surface area contributed by atoms with E-state index in [4.69, 9.17) is 4.74 Å². The van der Waals surface area contributed by atoms with Crippen LogP contribution in [-0.4, -0.2) is 102 Å². The molecule has 3 unspecified atom stereocenters. The number of aliphatic hydroxyl groups excluding tert-OH is 1. The van der Waals surface area contributed by atoms with Gasteiger partial charge in [-0.15, -0.1) is 0 Å². The molecule has 156 valence electrons. The molecule has 2 aliphatic rings. The number of hydrogen-bond acceptors (Lipinski definition) is 6. The molecule has 0 radical (unpaired) electrons. The van der Waals surface area contributed by atoms with Gasteiger partial charge in [0.25, 0.3) is 5.84 Å². The highest BCUT2D eigenvalue weighted by Gasteiger charge is 2.48. The monoisotopic (exact) mass is 395 g/mol. The maximum absolute atomic E-state index is 12.7. The molecule has 0 aromatic carbocycles. The zero-order valence-corrected chi connectivity index (χ0v) is 17.7. The summed E-state index contributed by atoms with van der Waals surface area (Å²) in [4.78, 5) is 41.6. The standard InChI is InChI=1S/C19H31N4O5/c1-11-9-8-10-13(21(5)18(26)17(25)20(3)4)15-22(6)14(19(27)28-7)12(2)16(24)23(11)15/h11,13,16,24H,8-10H2,1-7H3/q+1. The minimum absolute atomic E-state index is 0.000325. The van der Waals surface area contributed by atoms with Gasteiger partial charge in [0.2, 0.25) is 11.9 Å². The maximum Gasteiger partial charge on any atom is 0.378 e. The molecule has 0 aromatic heterocycles. The Morgan fingerprint density at radius 3 is 2.32 bits per heavy atom. The fraction of sp³-hybridized carbons (Fsp3) is 0.684. The van der Waals surface area contributed by atoms with Crippen LogP contribution >= 0.6 is 0 Å². The second kappa shape index (κ2) is 8.30. The Bertz CT molecular complexity index is 743. The first-order chi connectivity index (χ1) is 13.0. The van der Waals surface area contributed by atoms with Crippen LogP contribution in [0.4, 0.5) is 0 Å². The van der Waals surface area contributed by atoms with Gasteiger partial charge in [-0.25, -0.2) is 14.3 Å². The highest BCUT2D eigenvalue weighted by atomic mass is 16.5. The minimum atomic E-state index is -1.01. The molecule has 9 nitrogen and oxygen atoms in total. The van der Waals surface area contributed by atoms with Crippen LogP contribution in [0.1, 0.15) is 33.1 Å². The van der Waals surface area contributed by atoms with Crippen LogP contribution in [0, 0.1) is 0 Å². The summed E-state index contributed by atoms with van der Waals surface area (Å²) >= 11 is 0. The van der Waals surface area contributed by atoms with Gasteiger partial charge in [0.1, 0.15) is 6.04 Å². The normalized spacial score (nSPS) is 25.1. The summed E-state index contributed by atoms with van der Waals surface area (Å²) in [5.41, 5.74) is 0.740. The predicted molar refractivity (Wildman–Crippen MR) is 102 cm³/mol. The highest BCUT2D eigenvalue weighted by molar-refractivity contribution is 6.35. The van der Waals surface area contributed by atoms with Crippen molar-refractivity contribution in [3.05, 3.63) is 11.3 Å². The SMILES string of the molecule is COC(=O)C1=C(C)C(O)[N+]2=C(C(N(C)C(=O)C(=O)N(C)C)CCCC2C)N1C. The third-order valence-corrected chi connectivity index (χ3v) is 5.60. The van der Waals surface area contributed by atoms with E-state index in [9.17, 15) is 19.5 Å². The van der Waals surface area contributed by atoms with Crippen molar-refractivity contribution in [3.8, 4) is 0 Å². The molecule has 0 aliphatic carbocycles. The molecule has 0 fully saturated rings. The second-order valence-electron chi connectivity index (χ2n) is 7.63. The van der Waals surface area contributed by atoms with Gasteiger partial charge in [0.05, 0.1) is 25.8 Å². The molecule has 0 aromatic rings. The van der Waals surface area contributed by atoms with Crippen LogP contribution in [0.2, 0.25) is 0 Å². The van der Waals surface area contributed by atoms with E-state index < -0.39 is 30.1 Å². The maximum atomic E-state index is 12.7. The summed E-state index contributed by atoms with van der Waals surface area (Å²) < 4.78 is 6.74. The Hall–Kier alpha value is -2.42. The molecule has 3 atom stereocenters. The van der Waals surface area contributed by atoms with Crippen molar-refractivity contribution in [3.63, 3.8) is 0 Å². The number of hydrogen-bond donors (Lipinski definition) is 1. The number of rotatable bonds is 2. The lowest BCUT2D eigenvalue weighted by Gasteiger charge is -2.35. The molecule has 2 amide bonds. The smallest absolute Gasteiger partial charge is 0.378 e. The summed E-state index contributed by atoms with van der Waals surface area (Å²) in [7, 11) is 7.65. The van der Waals surface area contributed by atoms with E-state index in [1.165, 1.54) is 31.0 Å². The molecule has 0 bridgehead atoms. The largest absolute Gasteiger partial charge is 0.463 e. The molecule has 2 heterocycles. The lowest BCUT2D eigenvalue weighted by atomic mass is 10.0. The fourth-order valence-electron chi connectivity index (χ4n) is 3.99. The number of amides is 2. The summed E-state index contributed by atoms with van der Waals surface area (Å²) in [5.74, 6) is -1.19. The first-order valence-electron chi connectivity index (χ1n) is 9.39. The highest BCUT2D eigenvalue weighted by Crippen LogP contribution is 2.29. The summed E-state index contributed by atoms with van der Waals surface area (Å²) in [6, 6.07) is -0.464. The number of methoxy groups -OCH3 is 1. The van der Waals surface area contributed by atoms with Gasteiger partial charge in [-0.3, -0.25) is 9.59 Å². The van der Waals surface area contributed by atoms with Crippen molar-refractivity contribution >= 4 is 23.6 Å². The average molecular weight is 395 g/mol. The number of ether oxygens (including phenoxy) is 1. The number of aliphatic hydroxyl groups is 1. The molecule has 0 spiro atoms. The third-order valence-electron chi connectivity index (χ3n) is 5.60. The molecular formula is C19H31N4O5+. The first kappa shape index (κ1) is 21.9. The van der Waals surface area contributed by atoms with E-state index >= 15 is 0 Å². The van der Waals surface area contributed by atoms with Crippen LogP contribution in [-0.2, 0) is 19.1 Å². The Morgan fingerprint density at radius 1 is 1.18 bits per heavy atom. The zero-order valence-electron chi connectivity index (χ0n) is 17.7. The lowest BCUT2D eigenvalue weighted by Crippen LogP contribution is -2.59. The van der Waals surface area contributed by atoms with Crippen molar-refractivity contribution in [2.45, 2.75) is 51.4 Å². The van der Waals surface area contributed by atoms with Crippen molar-refractivity contribution in [2.24, 2.45) is 0 Å². The van der Waals surface area contributed by atoms with Gasteiger partial charge in [0, 0.05) is 21.1 Å². The molecule has 2 aliphatic heterocycles. The molecular weight excluding hydrogens is 364 g/mol. The number of likely N-dealkylation sites (N-methyl/N-ethyl adjacent to an activating group) is 3. The van der Waals surface area contributed by atoms with E-state index in [1.54, 1.807) is 25.9 Å². The topological polar surface area (TPSA) is 93.4 Å². The van der Waals surface area contributed by atoms with E-state index in [0.717, 1.165) is 12.8 Å². The number of esters is 1. The number of amidine groups is 1. The van der Waals surface area contributed by atoms with Crippen LogP contribution in [0.5, 0.6) is 0 Å². The first-order valence-corrected chi connectivity index (χ1v) is 9.39. The quantitative estimate of drug-likeness (QED) is 0.388. The van der Waals surface area contributed by atoms with Gasteiger partial charge in [-0.05, 0) is 33.1 Å². The fourth-order valence-corrected chi connectivity index (χ4v) is 3.99. The molecule has 28 heavy (non-hydrogen) atoms. The molecule has 0 saturated heterocycles. The Kier molecular flexibility index (Phi) is 6.48. The van der Waals surface area contributed by atoms with Gasteiger partial charge < -0.3 is 19.6 Å². The molecule has 9 heteroatoms. The van der Waals surface area contributed by atoms with Gasteiger partial charge >= 0.3 is 17.8 Å². The van der Waals surface area contributed by atoms with E-state index in [1.807, 2.05) is 11.5 Å². The number of carbonyl (C=O) groups is 3. The number of nitrogens with zero attached hydrogens (tertiary/aromatic N) is 4. The van der Waals surface area contributed by atoms with Crippen molar-refractivity contribution in [2.75, 3.05) is 35.3 Å². The Morgan fingerprint density at radius 2 is 1.79 bits per heavy atom. The summed E-state index contributed by atoms with van der Waals surface area (Å²) in [5, 5.41) is 11.0. The van der Waals surface area contributed by atoms with Crippen molar-refractivity contribution in [1.29, 1.82) is 0 Å². The lowest BCUT2D eigenvalue weighted by molar-refractivity contribution is -0.633. The van der Waals surface area contributed by atoms with Crippen molar-refractivity contribution in [1.82, 2.24) is 14.7 Å². The second-order valence-corrected chi connectivity index (χ2v) is 7.63. The van der Waals surface area contributed by atoms with Gasteiger partial charge in [0.15, 0.2) is 0 Å². The van der Waals surface area contributed by atoms with E-state index in [-0.39, 0.29) is 11.7 Å². The van der Waals surface area contributed by atoms with E-state index in [2.05, 4.69) is 0 Å². The molecule has 1 N–H and O–H groups in total. The number of carbonyl (C=O) groups excluding carboxylic acids is 3. The molecule has 2 rings (SSSR count). The van der Waals surface area contributed by atoms with Gasteiger partial charge in [-0.1, -0.05) is 0 Å². The minimum Gasteiger partial charge on any atom is -0.463 e. The summed E-state index contributed by atoms with van der Waals surface area (Å²) in [6.07, 6.45) is 1.23. The Labute approximate surface area is 165 Å². The van der Waals surface area contributed by atoms with Crippen LogP contribution < -0.4 is 0 Å². The Balaban J connectivity index is 2.57. The zero-order chi connectivity index (χ0) is 21.3.